The third-order valence-corrected chi connectivity index (χ3v) is 4.91. The first kappa shape index (κ1) is 19.4. The monoisotopic (exact) mass is 385 g/mol. The summed E-state index contributed by atoms with van der Waals surface area (Å²) in [6.45, 7) is 5.69. The maximum absolute atomic E-state index is 12.3. The molecule has 1 heterocycles. The molecule has 0 saturated carbocycles. The molecule has 0 aliphatic heterocycles. The van der Waals surface area contributed by atoms with E-state index in [0.29, 0.717) is 10.6 Å². The molecule has 1 aromatic carbocycles. The fourth-order valence-corrected chi connectivity index (χ4v) is 3.26. The van der Waals surface area contributed by atoms with E-state index in [9.17, 15) is 13.2 Å². The second kappa shape index (κ2) is 7.53. The fraction of sp³-hybridized carbons (Fsp3) is 0.438. The summed E-state index contributed by atoms with van der Waals surface area (Å²) in [6.07, 6.45) is 0.251. The van der Waals surface area contributed by atoms with Crippen molar-refractivity contribution in [1.82, 2.24) is 15.5 Å². The minimum atomic E-state index is -3.76. The molecule has 0 aliphatic rings. The van der Waals surface area contributed by atoms with Crippen LogP contribution in [0.15, 0.2) is 33.9 Å². The Morgan fingerprint density at radius 1 is 1.28 bits per heavy atom. The topological polar surface area (TPSA) is 102 Å². The number of amides is 1. The van der Waals surface area contributed by atoms with Crippen molar-refractivity contribution >= 4 is 27.3 Å². The van der Waals surface area contributed by atoms with Crippen LogP contribution < -0.4 is 5.32 Å². The smallest absolute Gasteiger partial charge is 0.335 e. The highest BCUT2D eigenvalue weighted by Crippen LogP contribution is 2.18. The van der Waals surface area contributed by atoms with Crippen LogP contribution in [0.1, 0.15) is 32.2 Å². The number of hydrogen-bond donors (Lipinski definition) is 1. The van der Waals surface area contributed by atoms with Gasteiger partial charge in [0, 0.05) is 23.4 Å². The first-order valence-electron chi connectivity index (χ1n) is 7.66. The van der Waals surface area contributed by atoms with E-state index in [1.807, 2.05) is 0 Å². The molecule has 0 atom stereocenters. The number of nitrogens with one attached hydrogen (secondary N) is 1. The molecular weight excluding hydrogens is 366 g/mol. The van der Waals surface area contributed by atoms with Gasteiger partial charge in [0.2, 0.25) is 21.6 Å². The Morgan fingerprint density at radius 2 is 2.00 bits per heavy atom. The summed E-state index contributed by atoms with van der Waals surface area (Å²) in [5.41, 5.74) is 0.0324. The molecule has 2 rings (SSSR count). The van der Waals surface area contributed by atoms with Gasteiger partial charge in [-0.1, -0.05) is 49.6 Å². The quantitative estimate of drug-likeness (QED) is 0.819. The molecule has 0 spiro atoms. The summed E-state index contributed by atoms with van der Waals surface area (Å²) in [5.74, 6) is -0.240. The molecule has 9 heteroatoms. The van der Waals surface area contributed by atoms with Gasteiger partial charge in [0.05, 0.1) is 5.75 Å². The van der Waals surface area contributed by atoms with E-state index in [1.165, 1.54) is 0 Å². The predicted octanol–water partition coefficient (Wildman–Crippen LogP) is 2.40. The second-order valence-corrected chi connectivity index (χ2v) is 8.91. The lowest BCUT2D eigenvalue weighted by Gasteiger charge is -2.16. The highest BCUT2D eigenvalue weighted by atomic mass is 35.5. The summed E-state index contributed by atoms with van der Waals surface area (Å²) in [7, 11) is -3.76. The van der Waals surface area contributed by atoms with E-state index in [0.717, 1.165) is 0 Å². The van der Waals surface area contributed by atoms with Crippen LogP contribution in [0.4, 0.5) is 0 Å². The van der Waals surface area contributed by atoms with Crippen LogP contribution in [-0.2, 0) is 26.8 Å². The van der Waals surface area contributed by atoms with Gasteiger partial charge >= 0.3 is 5.22 Å². The maximum Gasteiger partial charge on any atom is 0.335 e. The summed E-state index contributed by atoms with van der Waals surface area (Å²) in [4.78, 5) is 11.8. The van der Waals surface area contributed by atoms with Crippen molar-refractivity contribution in [2.24, 2.45) is 5.41 Å². The highest BCUT2D eigenvalue weighted by Gasteiger charge is 2.24. The Bertz CT molecular complexity index is 856. The lowest BCUT2D eigenvalue weighted by Crippen LogP contribution is -2.35. The van der Waals surface area contributed by atoms with E-state index in [1.54, 1.807) is 45.0 Å². The maximum atomic E-state index is 12.3. The standard InChI is InChI=1S/C16H20ClN3O4S/c1-16(2,3)14(21)18-8-7-13-19-20-15(24-13)25(22,23)10-11-5-4-6-12(17)9-11/h4-6,9H,7-8,10H2,1-3H3,(H,18,21). The molecule has 0 aliphatic carbocycles. The van der Waals surface area contributed by atoms with Gasteiger partial charge in [-0.3, -0.25) is 4.79 Å². The molecule has 1 amide bonds. The van der Waals surface area contributed by atoms with E-state index in [2.05, 4.69) is 15.5 Å². The lowest BCUT2D eigenvalue weighted by atomic mass is 9.96. The molecule has 0 unspecified atom stereocenters. The number of rotatable bonds is 6. The van der Waals surface area contributed by atoms with Crippen molar-refractivity contribution in [2.75, 3.05) is 6.54 Å². The number of sulfone groups is 1. The van der Waals surface area contributed by atoms with E-state index in [4.69, 9.17) is 16.0 Å². The lowest BCUT2D eigenvalue weighted by molar-refractivity contribution is -0.128. The van der Waals surface area contributed by atoms with Gasteiger partial charge < -0.3 is 9.73 Å². The second-order valence-electron chi connectivity index (χ2n) is 6.61. The van der Waals surface area contributed by atoms with E-state index >= 15 is 0 Å². The largest absolute Gasteiger partial charge is 0.412 e. The van der Waals surface area contributed by atoms with Gasteiger partial charge in [-0.05, 0) is 17.7 Å². The zero-order chi connectivity index (χ0) is 18.7. The van der Waals surface area contributed by atoms with Crippen LogP contribution in [0.25, 0.3) is 0 Å². The minimum Gasteiger partial charge on any atom is -0.412 e. The van der Waals surface area contributed by atoms with Crippen molar-refractivity contribution in [3.8, 4) is 0 Å². The van der Waals surface area contributed by atoms with Crippen molar-refractivity contribution in [2.45, 2.75) is 38.2 Å². The van der Waals surface area contributed by atoms with Crippen LogP contribution in [0.2, 0.25) is 5.02 Å². The van der Waals surface area contributed by atoms with Gasteiger partial charge in [-0.25, -0.2) is 8.42 Å². The van der Waals surface area contributed by atoms with Gasteiger partial charge in [0.15, 0.2) is 0 Å². The van der Waals surface area contributed by atoms with E-state index < -0.39 is 20.5 Å². The number of nitrogens with zero attached hydrogens (tertiary/aromatic N) is 2. The van der Waals surface area contributed by atoms with Crippen LogP contribution in [0.3, 0.4) is 0 Å². The molecule has 0 radical (unpaired) electrons. The Labute approximate surface area is 151 Å². The summed E-state index contributed by atoms with van der Waals surface area (Å²) in [6, 6.07) is 6.56. The van der Waals surface area contributed by atoms with Crippen molar-refractivity contribution < 1.29 is 17.6 Å². The molecule has 0 fully saturated rings. The average Bonchev–Trinajstić information content (AvgIpc) is 2.95. The highest BCUT2D eigenvalue weighted by molar-refractivity contribution is 7.90. The fourth-order valence-electron chi connectivity index (χ4n) is 1.92. The molecule has 2 aromatic rings. The number of carbonyl (C=O) groups is 1. The third kappa shape index (κ3) is 5.54. The molecule has 0 bridgehead atoms. The molecule has 25 heavy (non-hydrogen) atoms. The Balaban J connectivity index is 1.99. The number of aromatic nitrogens is 2. The SMILES string of the molecule is CC(C)(C)C(=O)NCCc1nnc(S(=O)(=O)Cc2cccc(Cl)c2)o1. The number of benzene rings is 1. The average molecular weight is 386 g/mol. The first-order valence-corrected chi connectivity index (χ1v) is 9.69. The zero-order valence-corrected chi connectivity index (χ0v) is 15.8. The number of halogens is 1. The Morgan fingerprint density at radius 3 is 2.64 bits per heavy atom. The van der Waals surface area contributed by atoms with Crippen LogP contribution in [-0.4, -0.2) is 31.1 Å². The van der Waals surface area contributed by atoms with Gasteiger partial charge in [-0.15, -0.1) is 5.10 Å². The molecule has 0 saturated heterocycles. The number of hydrogen-bond acceptors (Lipinski definition) is 6. The molecule has 1 N–H and O–H groups in total. The van der Waals surface area contributed by atoms with Gasteiger partial charge in [-0.2, -0.15) is 0 Å². The summed E-state index contributed by atoms with van der Waals surface area (Å²) < 4.78 is 29.9. The van der Waals surface area contributed by atoms with Crippen LogP contribution in [0.5, 0.6) is 0 Å². The van der Waals surface area contributed by atoms with Crippen molar-refractivity contribution in [3.05, 3.63) is 40.7 Å². The molecule has 136 valence electrons. The van der Waals surface area contributed by atoms with E-state index in [-0.39, 0.29) is 30.5 Å². The zero-order valence-electron chi connectivity index (χ0n) is 14.2. The molecule has 7 nitrogen and oxygen atoms in total. The normalized spacial score (nSPS) is 12.2. The Hall–Kier alpha value is -1.93. The third-order valence-electron chi connectivity index (χ3n) is 3.27. The van der Waals surface area contributed by atoms with Gasteiger partial charge in [0.1, 0.15) is 0 Å². The molecular formula is C16H20ClN3O4S. The Kier molecular flexibility index (Phi) is 5.84. The van der Waals surface area contributed by atoms with Crippen molar-refractivity contribution in [1.29, 1.82) is 0 Å². The number of carbonyl (C=O) groups excluding carboxylic acids is 1. The van der Waals surface area contributed by atoms with Crippen LogP contribution in [0, 0.1) is 5.41 Å². The first-order chi connectivity index (χ1) is 11.6. The van der Waals surface area contributed by atoms with Crippen molar-refractivity contribution in [3.63, 3.8) is 0 Å². The predicted molar refractivity (Wildman–Crippen MR) is 92.8 cm³/mol. The summed E-state index contributed by atoms with van der Waals surface area (Å²) in [5, 5.41) is 10.1. The molecule has 1 aromatic heterocycles. The summed E-state index contributed by atoms with van der Waals surface area (Å²) >= 11 is 5.86. The van der Waals surface area contributed by atoms with Gasteiger partial charge in [0.25, 0.3) is 0 Å². The van der Waals surface area contributed by atoms with Crippen LogP contribution >= 0.6 is 11.6 Å². The minimum absolute atomic E-state index is 0.110.